The van der Waals surface area contributed by atoms with Gasteiger partial charge in [0.25, 0.3) is 10.0 Å². The summed E-state index contributed by atoms with van der Waals surface area (Å²) in [7, 11) is -5.05. The Bertz CT molecular complexity index is 834. The average Bonchev–Trinajstić information content (AvgIpc) is 2.48. The van der Waals surface area contributed by atoms with Crippen molar-refractivity contribution in [3.05, 3.63) is 41.2 Å². The first-order chi connectivity index (χ1) is 10.8. The van der Waals surface area contributed by atoms with Crippen molar-refractivity contribution in [2.24, 2.45) is 0 Å². The van der Waals surface area contributed by atoms with Gasteiger partial charge in [-0.25, -0.2) is 12.8 Å². The van der Waals surface area contributed by atoms with Gasteiger partial charge < -0.3 is 14.8 Å². The Kier molecular flexibility index (Phi) is 5.10. The third-order valence-corrected chi connectivity index (χ3v) is 4.64. The lowest BCUT2D eigenvalue weighted by atomic mass is 9.81. The molecule has 0 atom stereocenters. The van der Waals surface area contributed by atoms with Gasteiger partial charge in [-0.15, -0.1) is 0 Å². The van der Waals surface area contributed by atoms with Crippen LogP contribution in [0.15, 0.2) is 35.2 Å². The van der Waals surface area contributed by atoms with E-state index in [4.69, 9.17) is 26.4 Å². The molecule has 0 aliphatic heterocycles. The van der Waals surface area contributed by atoms with Crippen LogP contribution < -0.4 is 14.9 Å². The topological polar surface area (TPSA) is 109 Å². The fraction of sp³-hybridized carbons (Fsp3) is 0.0833. The Hall–Kier alpha value is -1.88. The highest BCUT2D eigenvalue weighted by atomic mass is 35.5. The molecule has 1 heterocycles. The highest BCUT2D eigenvalue weighted by Gasteiger charge is 2.25. The average molecular weight is 361 g/mol. The summed E-state index contributed by atoms with van der Waals surface area (Å²) in [6.45, 7) is 0. The minimum Gasteiger partial charge on any atom is -0.481 e. The fourth-order valence-corrected chi connectivity index (χ4v) is 3.28. The lowest BCUT2D eigenvalue weighted by Gasteiger charge is -2.12. The predicted octanol–water partition coefficient (Wildman–Crippen LogP) is 0.363. The highest BCUT2D eigenvalue weighted by molar-refractivity contribution is 7.92. The third kappa shape index (κ3) is 3.73. The summed E-state index contributed by atoms with van der Waals surface area (Å²) in [6.07, 6.45) is 0. The van der Waals surface area contributed by atoms with Crippen molar-refractivity contribution in [3.63, 3.8) is 0 Å². The number of halogens is 2. The van der Waals surface area contributed by atoms with Gasteiger partial charge in [0.15, 0.2) is 11.6 Å². The van der Waals surface area contributed by atoms with E-state index in [0.717, 1.165) is 0 Å². The molecule has 7 nitrogen and oxygen atoms in total. The molecule has 3 N–H and O–H groups in total. The second-order valence-electron chi connectivity index (χ2n) is 4.33. The van der Waals surface area contributed by atoms with Crippen LogP contribution in [-0.4, -0.2) is 37.7 Å². The molecule has 1 aromatic heterocycles. The van der Waals surface area contributed by atoms with Crippen LogP contribution >= 0.6 is 11.6 Å². The van der Waals surface area contributed by atoms with Crippen LogP contribution in [0.2, 0.25) is 5.02 Å². The first-order valence-electron chi connectivity index (χ1n) is 6.14. The number of ether oxygens (including phenoxy) is 1. The van der Waals surface area contributed by atoms with Crippen LogP contribution in [0.5, 0.6) is 5.88 Å². The molecule has 0 radical (unpaired) electrons. The van der Waals surface area contributed by atoms with Crippen LogP contribution in [0, 0.1) is 5.82 Å². The summed E-state index contributed by atoms with van der Waals surface area (Å²) in [4.78, 5) is 3.35. The van der Waals surface area contributed by atoms with Gasteiger partial charge in [-0.3, -0.25) is 4.72 Å². The van der Waals surface area contributed by atoms with Crippen molar-refractivity contribution in [2.45, 2.75) is 4.90 Å². The maximum Gasteiger partial charge on any atom is 0.494 e. The molecule has 122 valence electrons. The van der Waals surface area contributed by atoms with E-state index in [2.05, 4.69) is 4.98 Å². The monoisotopic (exact) mass is 360 g/mol. The summed E-state index contributed by atoms with van der Waals surface area (Å²) in [6, 6.07) is 6.31. The first-order valence-corrected chi connectivity index (χ1v) is 8.00. The van der Waals surface area contributed by atoms with E-state index in [1.807, 2.05) is 4.72 Å². The van der Waals surface area contributed by atoms with E-state index < -0.39 is 28.8 Å². The second-order valence-corrected chi connectivity index (χ2v) is 6.38. The van der Waals surface area contributed by atoms with Gasteiger partial charge in [0.1, 0.15) is 4.90 Å². The molecule has 0 aliphatic rings. The number of sulfonamides is 1. The second kappa shape index (κ2) is 6.71. The van der Waals surface area contributed by atoms with Crippen LogP contribution in [0.25, 0.3) is 0 Å². The number of anilines is 1. The highest BCUT2D eigenvalue weighted by Crippen LogP contribution is 2.24. The summed E-state index contributed by atoms with van der Waals surface area (Å²) in [5.41, 5.74) is -0.342. The quantitative estimate of drug-likeness (QED) is 0.665. The molecule has 0 aliphatic carbocycles. The first kappa shape index (κ1) is 17.5. The molecule has 2 aromatic rings. The Balaban J connectivity index is 2.46. The van der Waals surface area contributed by atoms with Gasteiger partial charge in [0.05, 0.1) is 12.1 Å². The van der Waals surface area contributed by atoms with E-state index in [1.54, 1.807) is 6.07 Å². The van der Waals surface area contributed by atoms with Crippen molar-refractivity contribution in [1.82, 2.24) is 4.98 Å². The summed E-state index contributed by atoms with van der Waals surface area (Å²) < 4.78 is 45.2. The van der Waals surface area contributed by atoms with Gasteiger partial charge in [0, 0.05) is 5.46 Å². The number of aromatic nitrogens is 1. The van der Waals surface area contributed by atoms with E-state index in [0.29, 0.717) is 6.07 Å². The molecule has 0 unspecified atom stereocenters. The number of hydrogen-bond donors (Lipinski definition) is 3. The molecule has 0 spiro atoms. The molecule has 23 heavy (non-hydrogen) atoms. The fourth-order valence-electron chi connectivity index (χ4n) is 1.75. The van der Waals surface area contributed by atoms with Gasteiger partial charge in [-0.1, -0.05) is 23.7 Å². The van der Waals surface area contributed by atoms with Crippen molar-refractivity contribution in [2.75, 3.05) is 11.8 Å². The summed E-state index contributed by atoms with van der Waals surface area (Å²) in [5, 5.41) is 18.2. The van der Waals surface area contributed by atoms with Crippen molar-refractivity contribution >= 4 is 40.0 Å². The molecule has 0 saturated carbocycles. The molecule has 0 saturated heterocycles. The zero-order valence-electron chi connectivity index (χ0n) is 11.7. The van der Waals surface area contributed by atoms with Crippen molar-refractivity contribution < 1.29 is 27.6 Å². The molecule has 1 aromatic carbocycles. The zero-order valence-corrected chi connectivity index (χ0v) is 13.3. The molecule has 11 heteroatoms. The van der Waals surface area contributed by atoms with Gasteiger partial charge >= 0.3 is 7.12 Å². The van der Waals surface area contributed by atoms with Gasteiger partial charge in [0.2, 0.25) is 5.88 Å². The number of rotatable bonds is 5. The van der Waals surface area contributed by atoms with Crippen molar-refractivity contribution in [1.29, 1.82) is 0 Å². The van der Waals surface area contributed by atoms with Crippen molar-refractivity contribution in [3.8, 4) is 5.88 Å². The lowest BCUT2D eigenvalue weighted by Crippen LogP contribution is -2.33. The minimum absolute atomic E-state index is 0.0465. The molecule has 0 fully saturated rings. The maximum atomic E-state index is 14.0. The predicted molar refractivity (Wildman–Crippen MR) is 82.8 cm³/mol. The normalized spacial score (nSPS) is 11.2. The lowest BCUT2D eigenvalue weighted by molar-refractivity contribution is 0.390. The van der Waals surface area contributed by atoms with Gasteiger partial charge in [-0.2, -0.15) is 4.98 Å². The van der Waals surface area contributed by atoms with Crippen LogP contribution in [-0.2, 0) is 10.0 Å². The number of nitrogens with one attached hydrogen (secondary N) is 1. The largest absolute Gasteiger partial charge is 0.494 e. The Morgan fingerprint density at radius 3 is 2.57 bits per heavy atom. The number of hydrogen-bond acceptors (Lipinski definition) is 6. The van der Waals surface area contributed by atoms with Crippen LogP contribution in [0.1, 0.15) is 0 Å². The third-order valence-electron chi connectivity index (χ3n) is 2.80. The standard InChI is InChI=1S/C12H11BClFN2O5S/c1-22-12-7(13(18)19)6-9(15)11(16-12)17-23(20,21)10-5-3-2-4-8(10)14/h2-6,18-19H,1H3,(H,16,17). The molecular formula is C12H11BClFN2O5S. The van der Waals surface area contributed by atoms with E-state index >= 15 is 0 Å². The van der Waals surface area contributed by atoms with E-state index in [1.165, 1.54) is 25.3 Å². The van der Waals surface area contributed by atoms with E-state index in [9.17, 15) is 12.8 Å². The SMILES string of the molecule is COc1nc(NS(=O)(=O)c2ccccc2Cl)c(F)cc1B(O)O. The summed E-state index contributed by atoms with van der Waals surface area (Å²) >= 11 is 5.82. The number of methoxy groups -OCH3 is 1. The Morgan fingerprint density at radius 1 is 1.35 bits per heavy atom. The minimum atomic E-state index is -4.19. The zero-order chi connectivity index (χ0) is 17.2. The van der Waals surface area contributed by atoms with Gasteiger partial charge in [-0.05, 0) is 18.2 Å². The summed E-state index contributed by atoms with van der Waals surface area (Å²) in [5.74, 6) is -2.10. The Labute approximate surface area is 136 Å². The Morgan fingerprint density at radius 2 is 2.00 bits per heavy atom. The number of nitrogens with zero attached hydrogens (tertiary/aromatic N) is 1. The number of pyridine rings is 1. The molecule has 0 bridgehead atoms. The molecule has 0 amide bonds. The number of benzene rings is 1. The molecule has 2 rings (SSSR count). The smallest absolute Gasteiger partial charge is 0.481 e. The van der Waals surface area contributed by atoms with Crippen LogP contribution in [0.4, 0.5) is 10.2 Å². The van der Waals surface area contributed by atoms with Crippen LogP contribution in [0.3, 0.4) is 0 Å². The maximum absolute atomic E-state index is 14.0. The molecular weight excluding hydrogens is 349 g/mol. The van der Waals surface area contributed by atoms with E-state index in [-0.39, 0.29) is 21.3 Å².